The fourth-order valence-corrected chi connectivity index (χ4v) is 4.96. The topological polar surface area (TPSA) is 168 Å². The number of piperidine rings is 1. The predicted octanol–water partition coefficient (Wildman–Crippen LogP) is 0.888. The third kappa shape index (κ3) is 4.74. The molecule has 2 saturated heterocycles. The maximum absolute atomic E-state index is 11.0. The molecule has 4 aromatic rings. The molecule has 14 nitrogen and oxygen atoms in total. The number of anilines is 3. The number of aromatic nitrogens is 7. The van der Waals surface area contributed by atoms with E-state index in [0.717, 1.165) is 58.7 Å². The van der Waals surface area contributed by atoms with Crippen LogP contribution in [0.3, 0.4) is 0 Å². The van der Waals surface area contributed by atoms with Gasteiger partial charge in [0, 0.05) is 45.8 Å². The van der Waals surface area contributed by atoms with Gasteiger partial charge in [0.15, 0.2) is 11.5 Å². The normalized spacial score (nSPS) is 19.0. The van der Waals surface area contributed by atoms with E-state index in [1.165, 1.54) is 16.9 Å². The highest BCUT2D eigenvalue weighted by atomic mass is 16.4. The molecule has 0 aromatic carbocycles. The van der Waals surface area contributed by atoms with E-state index in [1.807, 2.05) is 0 Å². The molecule has 2 aliphatic rings. The van der Waals surface area contributed by atoms with Gasteiger partial charge in [-0.1, -0.05) is 0 Å². The van der Waals surface area contributed by atoms with Crippen LogP contribution in [0.2, 0.25) is 0 Å². The van der Waals surface area contributed by atoms with Gasteiger partial charge >= 0.3 is 5.97 Å². The summed E-state index contributed by atoms with van der Waals surface area (Å²) in [6.07, 6.45) is 6.61. The lowest BCUT2D eigenvalue weighted by Gasteiger charge is -2.39. The maximum atomic E-state index is 11.0. The number of aromatic carboxylic acids is 1. The minimum atomic E-state index is -1.07. The van der Waals surface area contributed by atoms with Gasteiger partial charge in [-0.05, 0) is 30.9 Å². The highest BCUT2D eigenvalue weighted by Crippen LogP contribution is 2.24. The third-order valence-electron chi connectivity index (χ3n) is 6.84. The smallest absolute Gasteiger partial charge is 0.356 e. The van der Waals surface area contributed by atoms with Crippen molar-refractivity contribution in [2.75, 3.05) is 61.3 Å². The Morgan fingerprint density at radius 1 is 1.08 bits per heavy atom. The first-order valence-electron chi connectivity index (χ1n) is 12.3. The summed E-state index contributed by atoms with van der Waals surface area (Å²) in [6, 6.07) is 3.57. The van der Waals surface area contributed by atoms with Crippen LogP contribution in [0, 0.1) is 5.92 Å². The number of nitrogens with two attached hydrogens (primary N) is 1. The average Bonchev–Trinajstić information content (AvgIpc) is 3.60. The highest BCUT2D eigenvalue weighted by Gasteiger charge is 2.27. The molecule has 2 aliphatic heterocycles. The van der Waals surface area contributed by atoms with Crippen molar-refractivity contribution >= 4 is 29.5 Å². The van der Waals surface area contributed by atoms with Crippen LogP contribution in [0.5, 0.6) is 0 Å². The predicted molar refractivity (Wildman–Crippen MR) is 133 cm³/mol. The van der Waals surface area contributed by atoms with E-state index in [1.54, 1.807) is 18.4 Å². The van der Waals surface area contributed by atoms with Crippen LogP contribution in [0.15, 0.2) is 35.2 Å². The molecule has 6 rings (SSSR count). The van der Waals surface area contributed by atoms with Gasteiger partial charge in [0.2, 0.25) is 17.7 Å². The van der Waals surface area contributed by atoms with Crippen molar-refractivity contribution in [1.82, 2.24) is 39.4 Å². The van der Waals surface area contributed by atoms with Crippen LogP contribution in [-0.2, 0) is 0 Å². The summed E-state index contributed by atoms with van der Waals surface area (Å²) in [5.74, 6) is 2.29. The quantitative estimate of drug-likeness (QED) is 0.379. The molecular formula is C23H27N11O3. The fraction of sp³-hybridized carbons (Fsp3) is 0.435. The number of rotatable bonds is 6. The molecule has 6 heterocycles. The van der Waals surface area contributed by atoms with Crippen LogP contribution >= 0.6 is 0 Å². The van der Waals surface area contributed by atoms with E-state index in [2.05, 4.69) is 44.7 Å². The zero-order valence-corrected chi connectivity index (χ0v) is 20.1. The van der Waals surface area contributed by atoms with Crippen molar-refractivity contribution in [1.29, 1.82) is 0 Å². The van der Waals surface area contributed by atoms with E-state index in [0.29, 0.717) is 35.0 Å². The molecule has 192 valence electrons. The first-order valence-corrected chi connectivity index (χ1v) is 12.3. The third-order valence-corrected chi connectivity index (χ3v) is 6.84. The summed E-state index contributed by atoms with van der Waals surface area (Å²) < 4.78 is 6.83. The molecule has 1 unspecified atom stereocenters. The van der Waals surface area contributed by atoms with Crippen LogP contribution in [0.1, 0.15) is 23.3 Å². The van der Waals surface area contributed by atoms with E-state index in [4.69, 9.17) is 15.3 Å². The first kappa shape index (κ1) is 23.1. The van der Waals surface area contributed by atoms with Gasteiger partial charge in [0.1, 0.15) is 5.82 Å². The number of piperazine rings is 1. The van der Waals surface area contributed by atoms with Crippen LogP contribution in [-0.4, -0.2) is 96.3 Å². The van der Waals surface area contributed by atoms with E-state index in [9.17, 15) is 4.79 Å². The summed E-state index contributed by atoms with van der Waals surface area (Å²) in [6.45, 7) is 6.14. The van der Waals surface area contributed by atoms with E-state index in [-0.39, 0.29) is 11.6 Å². The Hall–Kier alpha value is -4.33. The standard InChI is InChI=1S/C23H27N11O3/c24-21-28-22(29-23-27-19(30-34(21)23)17-4-2-10-37-17)33-5-1-3-15(14-33)13-31-6-8-32(9-7-31)18-12-25-16(11-26-18)20(35)36/h2,4,10-12,15H,1,3,5-9,13-14H2,(H,35,36)(H2,24,27,28,29,30). The minimum Gasteiger partial charge on any atom is -0.476 e. The fourth-order valence-electron chi connectivity index (χ4n) is 4.96. The van der Waals surface area contributed by atoms with Gasteiger partial charge in [-0.15, -0.1) is 5.10 Å². The summed E-state index contributed by atoms with van der Waals surface area (Å²) in [5, 5.41) is 13.4. The Morgan fingerprint density at radius 3 is 2.68 bits per heavy atom. The Balaban J connectivity index is 1.08. The largest absolute Gasteiger partial charge is 0.476 e. The number of nitrogen functional groups attached to an aromatic ring is 1. The molecule has 3 N–H and O–H groups in total. The van der Waals surface area contributed by atoms with Crippen molar-refractivity contribution < 1.29 is 14.3 Å². The van der Waals surface area contributed by atoms with Crippen molar-refractivity contribution in [3.63, 3.8) is 0 Å². The molecule has 0 spiro atoms. The van der Waals surface area contributed by atoms with Crippen molar-refractivity contribution in [2.24, 2.45) is 5.92 Å². The van der Waals surface area contributed by atoms with Crippen molar-refractivity contribution in [3.8, 4) is 11.6 Å². The highest BCUT2D eigenvalue weighted by molar-refractivity contribution is 5.84. The average molecular weight is 506 g/mol. The monoisotopic (exact) mass is 505 g/mol. The van der Waals surface area contributed by atoms with Gasteiger partial charge < -0.3 is 25.1 Å². The number of carbonyl (C=O) groups is 1. The lowest BCUT2D eigenvalue weighted by atomic mass is 9.97. The zero-order valence-electron chi connectivity index (χ0n) is 20.1. The van der Waals surface area contributed by atoms with E-state index < -0.39 is 5.97 Å². The second kappa shape index (κ2) is 9.61. The minimum absolute atomic E-state index is 0.0453. The first-order chi connectivity index (χ1) is 18.0. The SMILES string of the molecule is Nc1nc(N2CCCC(CN3CCN(c4cnc(C(=O)O)cn4)CC3)C2)nc2nc(-c3ccco3)nn12. The van der Waals surface area contributed by atoms with Gasteiger partial charge in [-0.3, -0.25) is 4.90 Å². The maximum Gasteiger partial charge on any atom is 0.356 e. The molecule has 0 bridgehead atoms. The summed E-state index contributed by atoms with van der Waals surface area (Å²) in [7, 11) is 0. The van der Waals surface area contributed by atoms with Crippen LogP contribution in [0.25, 0.3) is 17.4 Å². The summed E-state index contributed by atoms with van der Waals surface area (Å²) >= 11 is 0. The lowest BCUT2D eigenvalue weighted by Crippen LogP contribution is -2.50. The molecule has 0 saturated carbocycles. The second-order valence-corrected chi connectivity index (χ2v) is 9.31. The van der Waals surface area contributed by atoms with Crippen LogP contribution in [0.4, 0.5) is 17.7 Å². The summed E-state index contributed by atoms with van der Waals surface area (Å²) in [4.78, 5) is 39.7. The number of hydrogen-bond acceptors (Lipinski definition) is 12. The number of fused-ring (bicyclic) bond motifs is 1. The molecule has 0 amide bonds. The number of furan rings is 1. The molecule has 1 atom stereocenters. The van der Waals surface area contributed by atoms with Crippen molar-refractivity contribution in [2.45, 2.75) is 12.8 Å². The van der Waals surface area contributed by atoms with Gasteiger partial charge in [-0.25, -0.2) is 14.8 Å². The number of nitrogens with zero attached hydrogens (tertiary/aromatic N) is 10. The van der Waals surface area contributed by atoms with Crippen molar-refractivity contribution in [3.05, 3.63) is 36.5 Å². The van der Waals surface area contributed by atoms with Gasteiger partial charge in [0.05, 0.1) is 18.7 Å². The Morgan fingerprint density at radius 2 is 1.95 bits per heavy atom. The molecule has 0 aliphatic carbocycles. The molecular weight excluding hydrogens is 478 g/mol. The summed E-state index contributed by atoms with van der Waals surface area (Å²) in [5.41, 5.74) is 6.15. The van der Waals surface area contributed by atoms with E-state index >= 15 is 0 Å². The number of carboxylic acid groups (broad SMARTS) is 1. The molecule has 4 aromatic heterocycles. The molecule has 37 heavy (non-hydrogen) atoms. The molecule has 14 heteroatoms. The number of carboxylic acids is 1. The Bertz CT molecular complexity index is 1380. The Kier molecular flexibility index (Phi) is 6.00. The van der Waals surface area contributed by atoms with Crippen LogP contribution < -0.4 is 15.5 Å². The zero-order chi connectivity index (χ0) is 25.4. The Labute approximate surface area is 211 Å². The molecule has 0 radical (unpaired) electrons. The van der Waals surface area contributed by atoms with Gasteiger partial charge in [-0.2, -0.15) is 19.5 Å². The lowest BCUT2D eigenvalue weighted by molar-refractivity contribution is 0.0690. The molecule has 2 fully saturated rings. The van der Waals surface area contributed by atoms with Gasteiger partial charge in [0.25, 0.3) is 5.78 Å². The second-order valence-electron chi connectivity index (χ2n) is 9.31. The number of hydrogen-bond donors (Lipinski definition) is 2.